The number of rotatable bonds is 4. The maximum atomic E-state index is 12.1. The first-order valence-electron chi connectivity index (χ1n) is 10.8. The fourth-order valence-corrected chi connectivity index (χ4v) is 4.91. The van der Waals surface area contributed by atoms with Gasteiger partial charge in [0.2, 0.25) is 5.91 Å². The second-order valence-electron chi connectivity index (χ2n) is 8.35. The Balaban J connectivity index is 1.61. The molecular weight excluding hydrogens is 392 g/mol. The van der Waals surface area contributed by atoms with Crippen LogP contribution in [0.2, 0.25) is 0 Å². The Labute approximate surface area is 180 Å². The van der Waals surface area contributed by atoms with Gasteiger partial charge in [-0.3, -0.25) is 4.79 Å². The molecule has 2 atom stereocenters. The predicted octanol–water partition coefficient (Wildman–Crippen LogP) is 3.73. The van der Waals surface area contributed by atoms with Crippen molar-refractivity contribution in [2.24, 2.45) is 0 Å². The number of likely N-dealkylation sites (tertiary alicyclic amines) is 1. The quantitative estimate of drug-likeness (QED) is 0.630. The largest absolute Gasteiger partial charge is 0.507 e. The Morgan fingerprint density at radius 1 is 1.26 bits per heavy atom. The van der Waals surface area contributed by atoms with E-state index in [1.807, 2.05) is 23.1 Å². The number of hydrogen-bond acceptors (Lipinski definition) is 5. The van der Waals surface area contributed by atoms with Crippen LogP contribution in [0.4, 0.5) is 0 Å². The number of aromatic nitrogens is 3. The lowest BCUT2D eigenvalue weighted by molar-refractivity contribution is -0.125. The van der Waals surface area contributed by atoms with Gasteiger partial charge in [-0.05, 0) is 49.1 Å². The molecule has 0 bridgehead atoms. The number of carbonyl (C=O) groups is 1. The van der Waals surface area contributed by atoms with E-state index in [1.165, 1.54) is 11.6 Å². The highest BCUT2D eigenvalue weighted by Gasteiger charge is 2.33. The van der Waals surface area contributed by atoms with Crippen LogP contribution in [-0.2, 0) is 9.53 Å². The van der Waals surface area contributed by atoms with Gasteiger partial charge in [-0.25, -0.2) is 0 Å². The summed E-state index contributed by atoms with van der Waals surface area (Å²) >= 11 is 0. The second kappa shape index (κ2) is 8.15. The summed E-state index contributed by atoms with van der Waals surface area (Å²) in [5.74, 6) is 0.637. The standard InChI is InChI=1S/C24H26N4O3/c1-2-21(30)28-10-9-15(13-28)23-22(16-6-5-11-31-14-16)18-12-19(26-27-24(18)25-23)17-7-3-4-8-20(17)29/h2-4,7-8,12,15-16,29H,1,5-6,9-11,13-14H2,(H,25,27). The zero-order chi connectivity index (χ0) is 21.4. The third kappa shape index (κ3) is 3.59. The molecule has 7 heteroatoms. The van der Waals surface area contributed by atoms with E-state index in [-0.39, 0.29) is 23.5 Å². The Kier molecular flexibility index (Phi) is 5.19. The van der Waals surface area contributed by atoms with Crippen LogP contribution in [0.25, 0.3) is 22.3 Å². The first-order chi connectivity index (χ1) is 15.2. The third-order valence-electron chi connectivity index (χ3n) is 6.46. The lowest BCUT2D eigenvalue weighted by Gasteiger charge is -2.24. The topological polar surface area (TPSA) is 91.3 Å². The molecule has 2 unspecified atom stereocenters. The van der Waals surface area contributed by atoms with Crippen molar-refractivity contribution in [2.75, 3.05) is 26.3 Å². The predicted molar refractivity (Wildman–Crippen MR) is 118 cm³/mol. The first kappa shape index (κ1) is 19.8. The van der Waals surface area contributed by atoms with Gasteiger partial charge in [-0.2, -0.15) is 0 Å². The van der Waals surface area contributed by atoms with Gasteiger partial charge in [-0.15, -0.1) is 10.2 Å². The van der Waals surface area contributed by atoms with Gasteiger partial charge in [0.05, 0.1) is 12.3 Å². The molecule has 4 heterocycles. The van der Waals surface area contributed by atoms with Crippen molar-refractivity contribution in [3.63, 3.8) is 0 Å². The highest BCUT2D eigenvalue weighted by atomic mass is 16.5. The van der Waals surface area contributed by atoms with Gasteiger partial charge in [0, 0.05) is 48.2 Å². The molecule has 2 aromatic heterocycles. The highest BCUT2D eigenvalue weighted by Crippen LogP contribution is 2.40. The van der Waals surface area contributed by atoms with Gasteiger partial charge >= 0.3 is 0 Å². The second-order valence-corrected chi connectivity index (χ2v) is 8.35. The van der Waals surface area contributed by atoms with Crippen molar-refractivity contribution in [1.29, 1.82) is 0 Å². The van der Waals surface area contributed by atoms with E-state index in [4.69, 9.17) is 4.74 Å². The van der Waals surface area contributed by atoms with Gasteiger partial charge in [0.15, 0.2) is 5.65 Å². The third-order valence-corrected chi connectivity index (χ3v) is 6.46. The number of nitrogens with zero attached hydrogens (tertiary/aromatic N) is 3. The molecule has 1 amide bonds. The van der Waals surface area contributed by atoms with Crippen molar-refractivity contribution >= 4 is 16.9 Å². The Morgan fingerprint density at radius 3 is 2.90 bits per heavy atom. The fourth-order valence-electron chi connectivity index (χ4n) is 4.91. The van der Waals surface area contributed by atoms with Crippen LogP contribution in [0.3, 0.4) is 0 Å². The summed E-state index contributed by atoms with van der Waals surface area (Å²) in [5.41, 5.74) is 4.40. The molecule has 0 aliphatic carbocycles. The van der Waals surface area contributed by atoms with Gasteiger partial charge in [0.25, 0.3) is 0 Å². The van der Waals surface area contributed by atoms with Crippen LogP contribution in [0.1, 0.15) is 42.4 Å². The van der Waals surface area contributed by atoms with Crippen LogP contribution in [-0.4, -0.2) is 57.4 Å². The number of nitrogens with one attached hydrogen (secondary N) is 1. The summed E-state index contributed by atoms with van der Waals surface area (Å²) in [5, 5.41) is 20.1. The molecule has 31 heavy (non-hydrogen) atoms. The van der Waals surface area contributed by atoms with Crippen LogP contribution in [0.5, 0.6) is 5.75 Å². The Bertz CT molecular complexity index is 1130. The maximum Gasteiger partial charge on any atom is 0.245 e. The molecule has 2 aliphatic rings. The first-order valence-corrected chi connectivity index (χ1v) is 10.8. The van der Waals surface area contributed by atoms with E-state index in [2.05, 4.69) is 21.8 Å². The highest BCUT2D eigenvalue weighted by molar-refractivity contribution is 5.88. The monoisotopic (exact) mass is 418 g/mol. The SMILES string of the molecule is C=CC(=O)N1CCC(c2[nH]c3nnc(-c4ccccc4O)cc3c2C2CCCOC2)C1. The molecule has 0 spiro atoms. The minimum Gasteiger partial charge on any atom is -0.507 e. The number of H-pyrrole nitrogens is 1. The molecule has 0 radical (unpaired) electrons. The van der Waals surface area contributed by atoms with E-state index in [0.717, 1.165) is 49.1 Å². The summed E-state index contributed by atoms with van der Waals surface area (Å²) in [6.07, 6.45) is 4.35. The minimum absolute atomic E-state index is 0.0252. The van der Waals surface area contributed by atoms with Crippen molar-refractivity contribution in [3.05, 3.63) is 54.2 Å². The number of fused-ring (bicyclic) bond motifs is 1. The average molecular weight is 418 g/mol. The number of carbonyl (C=O) groups excluding carboxylic acids is 1. The average Bonchev–Trinajstić information content (AvgIpc) is 3.44. The lowest BCUT2D eigenvalue weighted by Crippen LogP contribution is -2.26. The van der Waals surface area contributed by atoms with Crippen LogP contribution in [0, 0.1) is 0 Å². The number of benzene rings is 1. The maximum absolute atomic E-state index is 12.1. The van der Waals surface area contributed by atoms with Crippen LogP contribution >= 0.6 is 0 Å². The Morgan fingerprint density at radius 2 is 2.13 bits per heavy atom. The molecule has 2 N–H and O–H groups in total. The van der Waals surface area contributed by atoms with Crippen molar-refractivity contribution in [1.82, 2.24) is 20.1 Å². The molecule has 160 valence electrons. The summed E-state index contributed by atoms with van der Waals surface area (Å²) < 4.78 is 5.82. The number of ether oxygens (including phenoxy) is 1. The van der Waals surface area contributed by atoms with Crippen LogP contribution < -0.4 is 0 Å². The fraction of sp³-hybridized carbons (Fsp3) is 0.375. The van der Waals surface area contributed by atoms with E-state index < -0.39 is 0 Å². The van der Waals surface area contributed by atoms with E-state index in [9.17, 15) is 9.90 Å². The number of para-hydroxylation sites is 1. The summed E-state index contributed by atoms with van der Waals surface area (Å²) in [6.45, 7) is 6.48. The number of phenolic OH excluding ortho intramolecular Hbond substituents is 1. The van der Waals surface area contributed by atoms with Crippen molar-refractivity contribution in [2.45, 2.75) is 31.1 Å². The smallest absolute Gasteiger partial charge is 0.245 e. The van der Waals surface area contributed by atoms with E-state index in [0.29, 0.717) is 24.4 Å². The molecule has 2 fully saturated rings. The lowest BCUT2D eigenvalue weighted by atomic mass is 9.87. The molecule has 3 aromatic rings. The molecule has 2 aliphatic heterocycles. The van der Waals surface area contributed by atoms with Gasteiger partial charge in [-0.1, -0.05) is 18.7 Å². The van der Waals surface area contributed by atoms with Crippen LogP contribution in [0.15, 0.2) is 43.0 Å². The number of aromatic hydroxyl groups is 1. The normalized spacial score (nSPS) is 21.5. The molecule has 7 nitrogen and oxygen atoms in total. The molecule has 2 saturated heterocycles. The van der Waals surface area contributed by atoms with E-state index >= 15 is 0 Å². The van der Waals surface area contributed by atoms with Crippen molar-refractivity contribution < 1.29 is 14.6 Å². The number of amides is 1. The summed E-state index contributed by atoms with van der Waals surface area (Å²) in [7, 11) is 0. The zero-order valence-corrected chi connectivity index (χ0v) is 17.4. The molecule has 0 saturated carbocycles. The molecule has 5 rings (SSSR count). The number of aromatic amines is 1. The summed E-state index contributed by atoms with van der Waals surface area (Å²) in [4.78, 5) is 17.5. The van der Waals surface area contributed by atoms with Crippen molar-refractivity contribution in [3.8, 4) is 17.0 Å². The number of hydrogen-bond donors (Lipinski definition) is 2. The number of phenols is 1. The Hall–Kier alpha value is -3.19. The summed E-state index contributed by atoms with van der Waals surface area (Å²) in [6, 6.07) is 9.19. The van der Waals surface area contributed by atoms with E-state index in [1.54, 1.807) is 12.1 Å². The molecule has 1 aromatic carbocycles. The van der Waals surface area contributed by atoms with Gasteiger partial charge < -0.3 is 19.7 Å². The zero-order valence-electron chi connectivity index (χ0n) is 17.4. The molecular formula is C24H26N4O3. The minimum atomic E-state index is -0.0252. The van der Waals surface area contributed by atoms with Gasteiger partial charge in [0.1, 0.15) is 5.75 Å².